The minimum Gasteiger partial charge on any atom is -0.399 e. The fourth-order valence-corrected chi connectivity index (χ4v) is 2.16. The lowest BCUT2D eigenvalue weighted by Gasteiger charge is -2.09. The highest BCUT2D eigenvalue weighted by molar-refractivity contribution is 6.30. The van der Waals surface area contributed by atoms with Crippen LogP contribution in [0.2, 0.25) is 5.02 Å². The summed E-state index contributed by atoms with van der Waals surface area (Å²) >= 11 is 5.83. The predicted molar refractivity (Wildman–Crippen MR) is 78.6 cm³/mol. The zero-order valence-electron chi connectivity index (χ0n) is 10.3. The van der Waals surface area contributed by atoms with E-state index in [0.29, 0.717) is 22.2 Å². The van der Waals surface area contributed by atoms with Crippen molar-refractivity contribution in [3.05, 3.63) is 53.6 Å². The van der Waals surface area contributed by atoms with Crippen molar-refractivity contribution in [1.29, 1.82) is 0 Å². The first-order valence-electron chi connectivity index (χ1n) is 5.85. The van der Waals surface area contributed by atoms with Crippen molar-refractivity contribution in [2.24, 2.45) is 0 Å². The molecule has 0 spiro atoms. The Morgan fingerprint density at radius 1 is 1.10 bits per heavy atom. The minimum absolute atomic E-state index is 0.311. The number of nitrogen functional groups attached to an aromatic ring is 1. The summed E-state index contributed by atoms with van der Waals surface area (Å²) < 4.78 is 13.3. The van der Waals surface area contributed by atoms with Crippen LogP contribution in [0.25, 0.3) is 10.9 Å². The van der Waals surface area contributed by atoms with Gasteiger partial charge in [0.05, 0.1) is 5.52 Å². The molecule has 0 amide bonds. The molecule has 0 unspecified atom stereocenters. The maximum atomic E-state index is 13.3. The highest BCUT2D eigenvalue weighted by Crippen LogP contribution is 2.26. The van der Waals surface area contributed by atoms with Crippen LogP contribution in [0.4, 0.5) is 21.6 Å². The Kier molecular flexibility index (Phi) is 3.12. The summed E-state index contributed by atoms with van der Waals surface area (Å²) in [6.45, 7) is 0. The third-order valence-electron chi connectivity index (χ3n) is 2.78. The summed E-state index contributed by atoms with van der Waals surface area (Å²) in [6, 6.07) is 9.52. The Labute approximate surface area is 119 Å². The Hall–Kier alpha value is -2.40. The molecule has 0 bridgehead atoms. The van der Waals surface area contributed by atoms with Crippen LogP contribution in [0.5, 0.6) is 0 Å². The van der Waals surface area contributed by atoms with E-state index in [2.05, 4.69) is 15.3 Å². The SMILES string of the molecule is Nc1ccc2ncnc(Nc3cc(F)cc(Cl)c3)c2c1. The molecule has 100 valence electrons. The Morgan fingerprint density at radius 3 is 2.75 bits per heavy atom. The number of benzene rings is 2. The molecule has 0 fully saturated rings. The zero-order valence-corrected chi connectivity index (χ0v) is 11.0. The summed E-state index contributed by atoms with van der Waals surface area (Å²) in [5.74, 6) is 0.127. The molecule has 1 aromatic heterocycles. The maximum Gasteiger partial charge on any atom is 0.141 e. The monoisotopic (exact) mass is 288 g/mol. The molecule has 0 aliphatic carbocycles. The number of fused-ring (bicyclic) bond motifs is 1. The minimum atomic E-state index is -0.419. The second kappa shape index (κ2) is 4.94. The number of hydrogen-bond donors (Lipinski definition) is 2. The zero-order chi connectivity index (χ0) is 14.1. The molecule has 6 heteroatoms. The molecule has 0 aliphatic rings. The molecule has 0 radical (unpaired) electrons. The van der Waals surface area contributed by atoms with E-state index >= 15 is 0 Å². The van der Waals surface area contributed by atoms with Gasteiger partial charge in [-0.3, -0.25) is 0 Å². The van der Waals surface area contributed by atoms with Crippen LogP contribution in [-0.4, -0.2) is 9.97 Å². The van der Waals surface area contributed by atoms with Crippen LogP contribution in [0, 0.1) is 5.82 Å². The number of rotatable bonds is 2. The number of nitrogens with zero attached hydrogens (tertiary/aromatic N) is 2. The van der Waals surface area contributed by atoms with Gasteiger partial charge in [0.2, 0.25) is 0 Å². The van der Waals surface area contributed by atoms with Gasteiger partial charge in [-0.25, -0.2) is 14.4 Å². The summed E-state index contributed by atoms with van der Waals surface area (Å²) in [4.78, 5) is 8.31. The number of nitrogens with two attached hydrogens (primary N) is 1. The predicted octanol–water partition coefficient (Wildman–Crippen LogP) is 3.75. The van der Waals surface area contributed by atoms with E-state index in [1.807, 2.05) is 0 Å². The van der Waals surface area contributed by atoms with Crippen molar-refractivity contribution in [1.82, 2.24) is 9.97 Å². The molecule has 0 saturated carbocycles. The first kappa shape index (κ1) is 12.6. The topological polar surface area (TPSA) is 63.8 Å². The van der Waals surface area contributed by atoms with E-state index in [1.54, 1.807) is 24.3 Å². The average Bonchev–Trinajstić information content (AvgIpc) is 2.38. The van der Waals surface area contributed by atoms with Gasteiger partial charge in [0.25, 0.3) is 0 Å². The van der Waals surface area contributed by atoms with Gasteiger partial charge in [-0.05, 0) is 36.4 Å². The van der Waals surface area contributed by atoms with Gasteiger partial charge in [-0.15, -0.1) is 0 Å². The van der Waals surface area contributed by atoms with Gasteiger partial charge < -0.3 is 11.1 Å². The standard InChI is InChI=1S/C14H10ClFN4/c15-8-3-9(16)5-11(4-8)20-14-12-6-10(17)1-2-13(12)18-7-19-14/h1-7H,17H2,(H,18,19,20). The molecule has 4 nitrogen and oxygen atoms in total. The smallest absolute Gasteiger partial charge is 0.141 e. The highest BCUT2D eigenvalue weighted by Gasteiger charge is 2.06. The Morgan fingerprint density at radius 2 is 1.95 bits per heavy atom. The number of anilines is 3. The molecule has 20 heavy (non-hydrogen) atoms. The Bertz CT molecular complexity index is 771. The summed E-state index contributed by atoms with van der Waals surface area (Å²) in [7, 11) is 0. The number of aromatic nitrogens is 2. The van der Waals surface area contributed by atoms with Gasteiger partial charge >= 0.3 is 0 Å². The van der Waals surface area contributed by atoms with E-state index < -0.39 is 5.82 Å². The third kappa shape index (κ3) is 2.48. The van der Waals surface area contributed by atoms with Crippen LogP contribution in [-0.2, 0) is 0 Å². The van der Waals surface area contributed by atoms with Crippen LogP contribution in [0.3, 0.4) is 0 Å². The number of nitrogens with one attached hydrogen (secondary N) is 1. The van der Waals surface area contributed by atoms with Crippen LogP contribution in [0.1, 0.15) is 0 Å². The molecule has 3 aromatic rings. The molecule has 3 rings (SSSR count). The van der Waals surface area contributed by atoms with Crippen molar-refractivity contribution >= 4 is 39.7 Å². The van der Waals surface area contributed by atoms with Crippen LogP contribution < -0.4 is 11.1 Å². The van der Waals surface area contributed by atoms with Gasteiger partial charge in [0.1, 0.15) is 18.0 Å². The van der Waals surface area contributed by atoms with Crippen LogP contribution in [0.15, 0.2) is 42.7 Å². The fourth-order valence-electron chi connectivity index (χ4n) is 1.94. The largest absolute Gasteiger partial charge is 0.399 e. The molecule has 0 saturated heterocycles. The molecule has 1 heterocycles. The number of halogens is 2. The molecule has 0 atom stereocenters. The van der Waals surface area contributed by atoms with E-state index in [1.165, 1.54) is 18.5 Å². The van der Waals surface area contributed by atoms with E-state index in [-0.39, 0.29) is 0 Å². The van der Waals surface area contributed by atoms with Crippen molar-refractivity contribution in [3.8, 4) is 0 Å². The third-order valence-corrected chi connectivity index (χ3v) is 3.00. The lowest BCUT2D eigenvalue weighted by atomic mass is 10.2. The highest BCUT2D eigenvalue weighted by atomic mass is 35.5. The van der Waals surface area contributed by atoms with Crippen molar-refractivity contribution < 1.29 is 4.39 Å². The van der Waals surface area contributed by atoms with E-state index in [9.17, 15) is 4.39 Å². The van der Waals surface area contributed by atoms with E-state index in [0.717, 1.165) is 10.9 Å². The Balaban J connectivity index is 2.08. The average molecular weight is 289 g/mol. The lowest BCUT2D eigenvalue weighted by molar-refractivity contribution is 0.628. The van der Waals surface area contributed by atoms with Gasteiger partial charge in [-0.2, -0.15) is 0 Å². The van der Waals surface area contributed by atoms with Crippen molar-refractivity contribution in [2.45, 2.75) is 0 Å². The quantitative estimate of drug-likeness (QED) is 0.705. The van der Waals surface area contributed by atoms with Crippen LogP contribution >= 0.6 is 11.6 Å². The lowest BCUT2D eigenvalue weighted by Crippen LogP contribution is -1.97. The summed E-state index contributed by atoms with van der Waals surface area (Å²) in [5, 5.41) is 4.09. The van der Waals surface area contributed by atoms with Gasteiger partial charge in [0.15, 0.2) is 0 Å². The van der Waals surface area contributed by atoms with Gasteiger partial charge in [0, 0.05) is 21.8 Å². The summed E-state index contributed by atoms with van der Waals surface area (Å²) in [6.07, 6.45) is 1.43. The van der Waals surface area contributed by atoms with E-state index in [4.69, 9.17) is 17.3 Å². The molecule has 0 aliphatic heterocycles. The van der Waals surface area contributed by atoms with Crippen molar-refractivity contribution in [3.63, 3.8) is 0 Å². The molecule has 3 N–H and O–H groups in total. The summed E-state index contributed by atoms with van der Waals surface area (Å²) in [5.41, 5.74) is 7.63. The molecular formula is C14H10ClFN4. The van der Waals surface area contributed by atoms with Gasteiger partial charge in [-0.1, -0.05) is 11.6 Å². The number of hydrogen-bond acceptors (Lipinski definition) is 4. The maximum absolute atomic E-state index is 13.3. The second-order valence-electron chi connectivity index (χ2n) is 4.28. The molecular weight excluding hydrogens is 279 g/mol. The second-order valence-corrected chi connectivity index (χ2v) is 4.72. The first-order valence-corrected chi connectivity index (χ1v) is 6.23. The first-order chi connectivity index (χ1) is 9.61. The normalized spacial score (nSPS) is 10.7. The van der Waals surface area contributed by atoms with Crippen molar-refractivity contribution in [2.75, 3.05) is 11.1 Å². The molecule has 2 aromatic carbocycles. The fraction of sp³-hybridized carbons (Fsp3) is 0.